The third kappa shape index (κ3) is 2.59. The number of hydrogen-bond donors (Lipinski definition) is 0. The van der Waals surface area contributed by atoms with Gasteiger partial charge in [0.1, 0.15) is 0 Å². The number of thiophene rings is 1. The maximum absolute atomic E-state index is 11.8. The van der Waals surface area contributed by atoms with E-state index in [0.717, 1.165) is 4.88 Å². The largest absolute Gasteiger partial charge is 0.219 e. The highest BCUT2D eigenvalue weighted by Crippen LogP contribution is 2.15. The molecule has 0 unspecified atom stereocenters. The molecule has 2 rings (SSSR count). The lowest BCUT2D eigenvalue weighted by atomic mass is 10.4. The molecule has 1 aromatic heterocycles. The Balaban J connectivity index is 2.28. The van der Waals surface area contributed by atoms with Crippen molar-refractivity contribution in [1.29, 1.82) is 0 Å². The smallest absolute Gasteiger partial charge is 0.199 e. The molecular weight excluding hydrogens is 240 g/mol. The maximum Gasteiger partial charge on any atom is 0.199 e. The summed E-state index contributed by atoms with van der Waals surface area (Å²) in [7, 11) is -3.31. The molecule has 0 aliphatic carbocycles. The number of rotatable bonds is 3. The van der Waals surface area contributed by atoms with Crippen LogP contribution in [-0.2, 0) is 9.84 Å². The van der Waals surface area contributed by atoms with Gasteiger partial charge in [0, 0.05) is 10.3 Å². The minimum Gasteiger partial charge on any atom is -0.219 e. The highest BCUT2D eigenvalue weighted by Gasteiger charge is 2.08. The molecule has 0 bridgehead atoms. The Bertz CT molecular complexity index is 567. The van der Waals surface area contributed by atoms with E-state index in [9.17, 15) is 8.42 Å². The van der Waals surface area contributed by atoms with E-state index in [2.05, 4.69) is 0 Å². The Labute approximate surface area is 98.8 Å². The van der Waals surface area contributed by atoms with E-state index in [4.69, 9.17) is 0 Å². The van der Waals surface area contributed by atoms with Crippen LogP contribution >= 0.6 is 11.3 Å². The molecular formula is C12H10O2S2. The average Bonchev–Trinajstić information content (AvgIpc) is 2.81. The standard InChI is InChI=1S/C12H10O2S2/c13-16(14,12-6-2-1-3-7-12)10-8-11-5-4-9-15-11/h1-10H. The molecule has 0 aliphatic heterocycles. The molecule has 2 nitrogen and oxygen atoms in total. The molecule has 0 atom stereocenters. The van der Waals surface area contributed by atoms with Gasteiger partial charge in [0.05, 0.1) is 4.90 Å². The van der Waals surface area contributed by atoms with Crippen LogP contribution in [0.4, 0.5) is 0 Å². The molecule has 0 saturated heterocycles. The number of hydrogen-bond acceptors (Lipinski definition) is 3. The summed E-state index contributed by atoms with van der Waals surface area (Å²) in [6.07, 6.45) is 1.62. The molecule has 0 aliphatic rings. The first kappa shape index (κ1) is 11.1. The van der Waals surface area contributed by atoms with Gasteiger partial charge in [-0.1, -0.05) is 24.3 Å². The third-order valence-electron chi connectivity index (χ3n) is 2.03. The number of benzene rings is 1. The number of sulfone groups is 1. The van der Waals surface area contributed by atoms with E-state index in [1.165, 1.54) is 16.7 Å². The molecule has 16 heavy (non-hydrogen) atoms. The first-order valence-corrected chi connectivity index (χ1v) is 7.13. The van der Waals surface area contributed by atoms with Gasteiger partial charge in [-0.05, 0) is 29.7 Å². The van der Waals surface area contributed by atoms with Gasteiger partial charge in [-0.15, -0.1) is 11.3 Å². The normalized spacial score (nSPS) is 12.0. The van der Waals surface area contributed by atoms with Crippen LogP contribution < -0.4 is 0 Å². The van der Waals surface area contributed by atoms with Crippen molar-refractivity contribution in [3.63, 3.8) is 0 Å². The topological polar surface area (TPSA) is 34.1 Å². The molecule has 0 spiro atoms. The summed E-state index contributed by atoms with van der Waals surface area (Å²) < 4.78 is 23.7. The van der Waals surface area contributed by atoms with Crippen LogP contribution in [0, 0.1) is 0 Å². The van der Waals surface area contributed by atoms with Crippen molar-refractivity contribution in [3.05, 3.63) is 58.1 Å². The molecule has 0 amide bonds. The molecule has 0 saturated carbocycles. The lowest BCUT2D eigenvalue weighted by molar-refractivity contribution is 0.605. The zero-order valence-corrected chi connectivity index (χ0v) is 10.0. The highest BCUT2D eigenvalue weighted by molar-refractivity contribution is 7.94. The summed E-state index contributed by atoms with van der Waals surface area (Å²) in [6.45, 7) is 0. The molecule has 1 heterocycles. The van der Waals surface area contributed by atoms with Crippen molar-refractivity contribution in [2.75, 3.05) is 0 Å². The van der Waals surface area contributed by atoms with Crippen LogP contribution in [0.1, 0.15) is 4.88 Å². The molecule has 1 aromatic carbocycles. The van der Waals surface area contributed by atoms with Crippen LogP contribution in [-0.4, -0.2) is 8.42 Å². The van der Waals surface area contributed by atoms with Gasteiger partial charge in [-0.25, -0.2) is 8.42 Å². The molecule has 82 valence electrons. The Hall–Kier alpha value is -1.39. The summed E-state index contributed by atoms with van der Waals surface area (Å²) in [5, 5.41) is 3.16. The summed E-state index contributed by atoms with van der Waals surface area (Å²) in [5.41, 5.74) is 0. The Morgan fingerprint density at radius 2 is 1.75 bits per heavy atom. The SMILES string of the molecule is O=S(=O)(C=Cc1cccs1)c1ccccc1. The predicted octanol–water partition coefficient (Wildman–Crippen LogP) is 3.19. The Morgan fingerprint density at radius 3 is 2.38 bits per heavy atom. The summed E-state index contributed by atoms with van der Waals surface area (Å²) in [4.78, 5) is 1.25. The van der Waals surface area contributed by atoms with Gasteiger partial charge < -0.3 is 0 Å². The minimum atomic E-state index is -3.31. The maximum atomic E-state index is 11.8. The fraction of sp³-hybridized carbons (Fsp3) is 0. The monoisotopic (exact) mass is 250 g/mol. The van der Waals surface area contributed by atoms with Crippen molar-refractivity contribution >= 4 is 27.3 Å². The summed E-state index contributed by atoms with van der Waals surface area (Å²) in [6, 6.07) is 12.2. The first-order valence-electron chi connectivity index (χ1n) is 4.70. The Kier molecular flexibility index (Phi) is 3.22. The van der Waals surface area contributed by atoms with Crippen molar-refractivity contribution < 1.29 is 8.42 Å². The van der Waals surface area contributed by atoms with Gasteiger partial charge >= 0.3 is 0 Å². The van der Waals surface area contributed by atoms with E-state index in [1.54, 1.807) is 36.4 Å². The van der Waals surface area contributed by atoms with Gasteiger partial charge in [0.15, 0.2) is 9.84 Å². The van der Waals surface area contributed by atoms with E-state index in [0.29, 0.717) is 4.90 Å². The predicted molar refractivity (Wildman–Crippen MR) is 67.0 cm³/mol. The lowest BCUT2D eigenvalue weighted by Gasteiger charge is -1.96. The zero-order valence-electron chi connectivity index (χ0n) is 8.41. The summed E-state index contributed by atoms with van der Waals surface area (Å²) >= 11 is 1.51. The lowest BCUT2D eigenvalue weighted by Crippen LogP contribution is -1.94. The van der Waals surface area contributed by atoms with Crippen molar-refractivity contribution in [1.82, 2.24) is 0 Å². The van der Waals surface area contributed by atoms with Crippen LogP contribution in [0.2, 0.25) is 0 Å². The van der Waals surface area contributed by atoms with E-state index in [1.807, 2.05) is 17.5 Å². The van der Waals surface area contributed by atoms with Crippen molar-refractivity contribution in [2.45, 2.75) is 4.90 Å². The van der Waals surface area contributed by atoms with Gasteiger partial charge in [-0.2, -0.15) is 0 Å². The third-order valence-corrected chi connectivity index (χ3v) is 4.29. The second-order valence-electron chi connectivity index (χ2n) is 3.18. The Morgan fingerprint density at radius 1 is 1.00 bits per heavy atom. The highest BCUT2D eigenvalue weighted by atomic mass is 32.2. The second kappa shape index (κ2) is 4.63. The fourth-order valence-electron chi connectivity index (χ4n) is 1.23. The van der Waals surface area contributed by atoms with Crippen molar-refractivity contribution in [3.8, 4) is 0 Å². The summed E-state index contributed by atoms with van der Waals surface area (Å²) in [5.74, 6) is 0. The quantitative estimate of drug-likeness (QED) is 0.838. The first-order chi connectivity index (χ1) is 7.68. The van der Waals surface area contributed by atoms with E-state index < -0.39 is 9.84 Å². The molecule has 0 fully saturated rings. The van der Waals surface area contributed by atoms with Crippen LogP contribution in [0.25, 0.3) is 6.08 Å². The minimum absolute atomic E-state index is 0.322. The van der Waals surface area contributed by atoms with Gasteiger partial charge in [-0.3, -0.25) is 0 Å². The molecule has 0 N–H and O–H groups in total. The average molecular weight is 250 g/mol. The fourth-order valence-corrected chi connectivity index (χ4v) is 2.96. The van der Waals surface area contributed by atoms with Crippen LogP contribution in [0.3, 0.4) is 0 Å². The van der Waals surface area contributed by atoms with Crippen LogP contribution in [0.5, 0.6) is 0 Å². The van der Waals surface area contributed by atoms with E-state index >= 15 is 0 Å². The zero-order chi connectivity index (χ0) is 11.4. The van der Waals surface area contributed by atoms with Crippen molar-refractivity contribution in [2.24, 2.45) is 0 Å². The molecule has 4 heteroatoms. The second-order valence-corrected chi connectivity index (χ2v) is 5.99. The van der Waals surface area contributed by atoms with Gasteiger partial charge in [0.2, 0.25) is 0 Å². The van der Waals surface area contributed by atoms with E-state index in [-0.39, 0.29) is 0 Å². The molecule has 0 radical (unpaired) electrons. The van der Waals surface area contributed by atoms with Gasteiger partial charge in [0.25, 0.3) is 0 Å². The van der Waals surface area contributed by atoms with Crippen LogP contribution in [0.15, 0.2) is 58.1 Å². The molecule has 2 aromatic rings.